The second kappa shape index (κ2) is 7.49. The molecule has 5 atom stereocenters. The molecule has 2 aromatic carbocycles. The molecule has 0 amide bonds. The number of fused-ring (bicyclic) bond motifs is 1. The fraction of sp³-hybridized carbons (Fsp3) is 0.462. The molecule has 2 fully saturated rings. The predicted molar refractivity (Wildman–Crippen MR) is 119 cm³/mol. The lowest BCUT2D eigenvalue weighted by Gasteiger charge is -2.37. The second-order valence-corrected chi connectivity index (χ2v) is 9.58. The number of methoxy groups -OCH3 is 1. The second-order valence-electron chi connectivity index (χ2n) is 9.58. The van der Waals surface area contributed by atoms with E-state index < -0.39 is 22.8 Å². The Labute approximate surface area is 184 Å². The van der Waals surface area contributed by atoms with Gasteiger partial charge in [-0.2, -0.15) is 0 Å². The standard InChI is InChI=1S/C26H31NO4/c1-6-31-21(28)19-25(17-13-9-7-10-14-17)20(22(29)30-5)27-23(24(2,3)4)26(19,25)18-15-11-8-12-16-18/h7-16,19-20,23,27H,6H2,1-5H3/t19-,20-,23+,25+,26-/m1/s1. The number of hydrogen-bond donors (Lipinski definition) is 1. The van der Waals surface area contributed by atoms with Gasteiger partial charge in [0.2, 0.25) is 0 Å². The van der Waals surface area contributed by atoms with Gasteiger partial charge >= 0.3 is 11.9 Å². The predicted octanol–water partition coefficient (Wildman–Crippen LogP) is 3.61. The van der Waals surface area contributed by atoms with Crippen molar-refractivity contribution in [2.45, 2.75) is 50.6 Å². The van der Waals surface area contributed by atoms with Gasteiger partial charge in [0.1, 0.15) is 6.04 Å². The van der Waals surface area contributed by atoms with Crippen LogP contribution in [-0.4, -0.2) is 37.7 Å². The molecule has 164 valence electrons. The van der Waals surface area contributed by atoms with Crippen LogP contribution < -0.4 is 5.32 Å². The molecule has 0 radical (unpaired) electrons. The van der Waals surface area contributed by atoms with Crippen LogP contribution in [0.4, 0.5) is 0 Å². The number of hydrogen-bond acceptors (Lipinski definition) is 5. The van der Waals surface area contributed by atoms with E-state index in [0.717, 1.165) is 11.1 Å². The number of piperidine rings is 1. The maximum atomic E-state index is 13.5. The third kappa shape index (κ3) is 2.79. The summed E-state index contributed by atoms with van der Waals surface area (Å²) in [6.45, 7) is 8.54. The van der Waals surface area contributed by atoms with Gasteiger partial charge in [0.15, 0.2) is 0 Å². The van der Waals surface area contributed by atoms with Crippen molar-refractivity contribution < 1.29 is 19.1 Å². The molecule has 0 aromatic heterocycles. The third-order valence-electron chi connectivity index (χ3n) is 7.08. The van der Waals surface area contributed by atoms with Crippen molar-refractivity contribution in [3.8, 4) is 0 Å². The number of esters is 2. The van der Waals surface area contributed by atoms with Crippen LogP contribution >= 0.6 is 0 Å². The molecular formula is C26H31NO4. The van der Waals surface area contributed by atoms with E-state index in [2.05, 4.69) is 38.2 Å². The van der Waals surface area contributed by atoms with E-state index in [9.17, 15) is 9.59 Å². The van der Waals surface area contributed by atoms with Gasteiger partial charge in [0.25, 0.3) is 0 Å². The van der Waals surface area contributed by atoms with E-state index in [1.807, 2.05) is 55.5 Å². The van der Waals surface area contributed by atoms with Gasteiger partial charge < -0.3 is 9.47 Å². The van der Waals surface area contributed by atoms with Crippen molar-refractivity contribution in [3.63, 3.8) is 0 Å². The summed E-state index contributed by atoms with van der Waals surface area (Å²) in [6, 6.07) is 19.2. The van der Waals surface area contributed by atoms with E-state index in [0.29, 0.717) is 6.61 Å². The molecule has 5 nitrogen and oxygen atoms in total. The summed E-state index contributed by atoms with van der Waals surface area (Å²) in [7, 11) is 1.40. The first-order chi connectivity index (χ1) is 14.8. The van der Waals surface area contributed by atoms with E-state index in [1.165, 1.54) is 7.11 Å². The normalized spacial score (nSPS) is 31.6. The molecule has 2 aromatic rings. The first kappa shape index (κ1) is 21.6. The van der Waals surface area contributed by atoms with Crippen LogP contribution in [0.1, 0.15) is 38.8 Å². The topological polar surface area (TPSA) is 64.6 Å². The smallest absolute Gasteiger partial charge is 0.323 e. The Morgan fingerprint density at radius 1 is 0.903 bits per heavy atom. The molecule has 0 bridgehead atoms. The molecular weight excluding hydrogens is 390 g/mol. The lowest BCUT2D eigenvalue weighted by Crippen LogP contribution is -2.52. The van der Waals surface area contributed by atoms with Gasteiger partial charge in [-0.1, -0.05) is 81.4 Å². The van der Waals surface area contributed by atoms with Crippen molar-refractivity contribution in [2.24, 2.45) is 11.3 Å². The minimum atomic E-state index is -0.799. The molecule has 31 heavy (non-hydrogen) atoms. The van der Waals surface area contributed by atoms with Crippen LogP contribution in [0.3, 0.4) is 0 Å². The van der Waals surface area contributed by atoms with E-state index in [1.54, 1.807) is 0 Å². The molecule has 1 saturated carbocycles. The lowest BCUT2D eigenvalue weighted by atomic mass is 9.70. The number of ether oxygens (including phenoxy) is 2. The summed E-state index contributed by atoms with van der Waals surface area (Å²) in [6.07, 6.45) is 0. The number of carbonyl (C=O) groups is 2. The first-order valence-electron chi connectivity index (χ1n) is 10.9. The summed E-state index contributed by atoms with van der Waals surface area (Å²) in [5.74, 6) is -1.12. The summed E-state index contributed by atoms with van der Waals surface area (Å²) in [5, 5.41) is 3.60. The molecule has 1 heterocycles. The highest BCUT2D eigenvalue weighted by molar-refractivity contribution is 5.93. The van der Waals surface area contributed by atoms with E-state index >= 15 is 0 Å². The molecule has 1 aliphatic carbocycles. The summed E-state index contributed by atoms with van der Waals surface area (Å²) in [4.78, 5) is 26.7. The zero-order chi connectivity index (χ0) is 22.4. The van der Waals surface area contributed by atoms with Crippen molar-refractivity contribution >= 4 is 11.9 Å². The summed E-state index contributed by atoms with van der Waals surface area (Å²) in [5.41, 5.74) is 0.313. The van der Waals surface area contributed by atoms with Crippen LogP contribution in [0, 0.1) is 11.3 Å². The quantitative estimate of drug-likeness (QED) is 0.747. The van der Waals surface area contributed by atoms with Gasteiger partial charge in [0.05, 0.1) is 19.6 Å². The zero-order valence-electron chi connectivity index (χ0n) is 18.8. The van der Waals surface area contributed by atoms with Gasteiger partial charge in [-0.3, -0.25) is 14.9 Å². The Morgan fingerprint density at radius 3 is 1.87 bits per heavy atom. The molecule has 1 N–H and O–H groups in total. The van der Waals surface area contributed by atoms with Crippen molar-refractivity contribution in [1.29, 1.82) is 0 Å². The van der Waals surface area contributed by atoms with Crippen LogP contribution in [0.25, 0.3) is 0 Å². The average Bonchev–Trinajstić information content (AvgIpc) is 3.27. The highest BCUT2D eigenvalue weighted by Crippen LogP contribution is 2.78. The van der Waals surface area contributed by atoms with Crippen LogP contribution in [0.2, 0.25) is 0 Å². The Balaban J connectivity index is 2.07. The van der Waals surface area contributed by atoms with Crippen molar-refractivity contribution in [2.75, 3.05) is 13.7 Å². The van der Waals surface area contributed by atoms with E-state index in [-0.39, 0.29) is 23.4 Å². The largest absolute Gasteiger partial charge is 0.468 e. The summed E-state index contributed by atoms with van der Waals surface area (Å²) >= 11 is 0. The maximum absolute atomic E-state index is 13.5. The van der Waals surface area contributed by atoms with Gasteiger partial charge in [-0.15, -0.1) is 0 Å². The average molecular weight is 422 g/mol. The van der Waals surface area contributed by atoms with Gasteiger partial charge in [0, 0.05) is 16.9 Å². The zero-order valence-corrected chi connectivity index (χ0v) is 18.8. The molecule has 2 aliphatic rings. The third-order valence-corrected chi connectivity index (χ3v) is 7.08. The SMILES string of the molecule is CCOC(=O)[C@@H]1[C@@]2(c3ccccc3)[C@@H](C(=O)OC)N[C@@H](C(C)(C)C)[C@@]12c1ccccc1. The maximum Gasteiger partial charge on any atom is 0.323 e. The Hall–Kier alpha value is -2.66. The highest BCUT2D eigenvalue weighted by Gasteiger charge is 2.91. The number of carbonyl (C=O) groups excluding carboxylic acids is 2. The molecule has 1 saturated heterocycles. The minimum absolute atomic E-state index is 0.152. The molecule has 5 heteroatoms. The van der Waals surface area contributed by atoms with Crippen LogP contribution in [0.15, 0.2) is 60.7 Å². The van der Waals surface area contributed by atoms with E-state index in [4.69, 9.17) is 9.47 Å². The number of nitrogens with one attached hydrogen (secondary N) is 1. The van der Waals surface area contributed by atoms with Crippen LogP contribution in [-0.2, 0) is 29.9 Å². The fourth-order valence-corrected chi connectivity index (χ4v) is 6.24. The van der Waals surface area contributed by atoms with Gasteiger partial charge in [-0.05, 0) is 23.5 Å². The Morgan fingerprint density at radius 2 is 1.42 bits per heavy atom. The minimum Gasteiger partial charge on any atom is -0.468 e. The van der Waals surface area contributed by atoms with Crippen molar-refractivity contribution in [1.82, 2.24) is 5.32 Å². The number of rotatable bonds is 5. The van der Waals surface area contributed by atoms with Crippen LogP contribution in [0.5, 0.6) is 0 Å². The molecule has 0 unspecified atom stereocenters. The van der Waals surface area contributed by atoms with Crippen molar-refractivity contribution in [3.05, 3.63) is 71.8 Å². The monoisotopic (exact) mass is 421 g/mol. The van der Waals surface area contributed by atoms with Gasteiger partial charge in [-0.25, -0.2) is 0 Å². The lowest BCUT2D eigenvalue weighted by molar-refractivity contribution is -0.148. The first-order valence-corrected chi connectivity index (χ1v) is 10.9. The number of benzene rings is 2. The molecule has 1 aliphatic heterocycles. The summed E-state index contributed by atoms with van der Waals surface area (Å²) < 4.78 is 10.9. The molecule has 4 rings (SSSR count). The fourth-order valence-electron chi connectivity index (χ4n) is 6.24. The molecule has 0 spiro atoms. The Kier molecular flexibility index (Phi) is 5.21. The Bertz CT molecular complexity index is 968. The highest BCUT2D eigenvalue weighted by atomic mass is 16.5.